The summed E-state index contributed by atoms with van der Waals surface area (Å²) >= 11 is 3.42. The first-order valence-corrected chi connectivity index (χ1v) is 7.34. The number of nitrogens with one attached hydrogen (secondary N) is 1. The smallest absolute Gasteiger partial charge is 0.112 e. The third kappa shape index (κ3) is 3.04. The highest BCUT2D eigenvalue weighted by molar-refractivity contribution is 9.10. The van der Waals surface area contributed by atoms with Crippen molar-refractivity contribution < 1.29 is 4.74 Å². The molecule has 3 heterocycles. The lowest BCUT2D eigenvalue weighted by Crippen LogP contribution is -2.24. The summed E-state index contributed by atoms with van der Waals surface area (Å²) in [6.45, 7) is 2.69. The predicted octanol–water partition coefficient (Wildman–Crippen LogP) is 3.23. The number of rotatable bonds is 3. The predicted molar refractivity (Wildman–Crippen MR) is 79.3 cm³/mol. The highest BCUT2D eigenvalue weighted by Gasteiger charge is 2.14. The summed E-state index contributed by atoms with van der Waals surface area (Å²) < 4.78 is 6.45. The topological polar surface area (TPSA) is 47.0 Å². The number of aromatic nitrogens is 2. The third-order valence-electron chi connectivity index (χ3n) is 3.38. The lowest BCUT2D eigenvalue weighted by Gasteiger charge is -2.22. The molecule has 1 fully saturated rings. The average Bonchev–Trinajstić information content (AvgIpc) is 2.45. The van der Waals surface area contributed by atoms with Gasteiger partial charge >= 0.3 is 0 Å². The van der Waals surface area contributed by atoms with E-state index in [1.165, 1.54) is 6.42 Å². The van der Waals surface area contributed by atoms with E-state index in [1.807, 2.05) is 18.3 Å². The monoisotopic (exact) mass is 321 g/mol. The summed E-state index contributed by atoms with van der Waals surface area (Å²) in [6, 6.07) is 3.96. The van der Waals surface area contributed by atoms with Crippen LogP contribution < -0.4 is 5.32 Å². The second kappa shape index (κ2) is 5.84. The van der Waals surface area contributed by atoms with Crippen molar-refractivity contribution in [2.24, 2.45) is 5.92 Å². The number of anilines is 1. The van der Waals surface area contributed by atoms with Crippen LogP contribution in [0.15, 0.2) is 29.0 Å². The minimum atomic E-state index is 0.590. The molecule has 100 valence electrons. The SMILES string of the molecule is Brc1cnc2c(NCC3CCCOC3)ccnc2c1. The zero-order valence-electron chi connectivity index (χ0n) is 10.6. The first kappa shape index (κ1) is 12.8. The van der Waals surface area contributed by atoms with Crippen LogP contribution in [0.25, 0.3) is 11.0 Å². The van der Waals surface area contributed by atoms with Gasteiger partial charge in [0.25, 0.3) is 0 Å². The number of hydrogen-bond acceptors (Lipinski definition) is 4. The van der Waals surface area contributed by atoms with Gasteiger partial charge in [0, 0.05) is 30.0 Å². The van der Waals surface area contributed by atoms with Gasteiger partial charge in [0.15, 0.2) is 0 Å². The fraction of sp³-hybridized carbons (Fsp3) is 0.429. The first-order chi connectivity index (χ1) is 9.33. The van der Waals surface area contributed by atoms with Gasteiger partial charge in [-0.2, -0.15) is 0 Å². The highest BCUT2D eigenvalue weighted by atomic mass is 79.9. The van der Waals surface area contributed by atoms with Gasteiger partial charge < -0.3 is 10.1 Å². The second-order valence-corrected chi connectivity index (χ2v) is 5.76. The van der Waals surface area contributed by atoms with Crippen LogP contribution in [0.4, 0.5) is 5.69 Å². The molecule has 4 nitrogen and oxygen atoms in total. The zero-order valence-corrected chi connectivity index (χ0v) is 12.2. The van der Waals surface area contributed by atoms with Gasteiger partial charge in [-0.05, 0) is 46.8 Å². The summed E-state index contributed by atoms with van der Waals surface area (Å²) in [6.07, 6.45) is 6.01. The molecule has 0 saturated carbocycles. The largest absolute Gasteiger partial charge is 0.383 e. The van der Waals surface area contributed by atoms with Crippen molar-refractivity contribution in [3.8, 4) is 0 Å². The van der Waals surface area contributed by atoms with Gasteiger partial charge in [0.1, 0.15) is 5.52 Å². The second-order valence-electron chi connectivity index (χ2n) is 4.84. The van der Waals surface area contributed by atoms with E-state index in [9.17, 15) is 0 Å². The molecule has 1 atom stereocenters. The molecule has 0 bridgehead atoms. The Balaban J connectivity index is 1.76. The third-order valence-corrected chi connectivity index (χ3v) is 3.81. The molecule has 0 amide bonds. The van der Waals surface area contributed by atoms with Crippen LogP contribution in [-0.4, -0.2) is 29.7 Å². The Labute approximate surface area is 120 Å². The van der Waals surface area contributed by atoms with Gasteiger partial charge in [-0.25, -0.2) is 0 Å². The fourth-order valence-electron chi connectivity index (χ4n) is 2.37. The molecule has 19 heavy (non-hydrogen) atoms. The molecule has 0 aliphatic carbocycles. The Bertz CT molecular complexity index is 570. The molecule has 1 saturated heterocycles. The van der Waals surface area contributed by atoms with Crippen LogP contribution >= 0.6 is 15.9 Å². The molecule has 1 aliphatic rings. The van der Waals surface area contributed by atoms with E-state index in [2.05, 4.69) is 31.2 Å². The van der Waals surface area contributed by atoms with Gasteiger partial charge in [0.05, 0.1) is 17.8 Å². The zero-order chi connectivity index (χ0) is 13.1. The standard InChI is InChI=1S/C14H16BrN3O/c15-11-6-13-14(18-8-11)12(3-4-16-13)17-7-10-2-1-5-19-9-10/h3-4,6,8,10H,1-2,5,7,9H2,(H,16,17). The Morgan fingerprint density at radius 2 is 2.37 bits per heavy atom. The van der Waals surface area contributed by atoms with Crippen LogP contribution in [0, 0.1) is 5.92 Å². The Kier molecular flexibility index (Phi) is 3.94. The molecule has 1 aliphatic heterocycles. The molecule has 2 aromatic rings. The van der Waals surface area contributed by atoms with Gasteiger partial charge in [0.2, 0.25) is 0 Å². The van der Waals surface area contributed by atoms with Crippen molar-refractivity contribution in [3.05, 3.63) is 29.0 Å². The van der Waals surface area contributed by atoms with E-state index >= 15 is 0 Å². The van der Waals surface area contributed by atoms with Crippen molar-refractivity contribution >= 4 is 32.7 Å². The quantitative estimate of drug-likeness (QED) is 0.942. The van der Waals surface area contributed by atoms with Gasteiger partial charge in [-0.1, -0.05) is 0 Å². The molecule has 0 aromatic carbocycles. The number of hydrogen-bond donors (Lipinski definition) is 1. The minimum Gasteiger partial charge on any atom is -0.383 e. The number of ether oxygens (including phenoxy) is 1. The van der Waals surface area contributed by atoms with E-state index in [1.54, 1.807) is 6.20 Å². The Morgan fingerprint density at radius 3 is 3.21 bits per heavy atom. The Hall–Kier alpha value is -1.20. The molecular formula is C14H16BrN3O. The normalized spacial score (nSPS) is 19.5. The van der Waals surface area contributed by atoms with Crippen LogP contribution in [0.3, 0.4) is 0 Å². The van der Waals surface area contributed by atoms with E-state index in [0.717, 1.165) is 47.4 Å². The number of halogens is 1. The van der Waals surface area contributed by atoms with Crippen LogP contribution in [0.2, 0.25) is 0 Å². The molecule has 1 N–H and O–H groups in total. The maximum Gasteiger partial charge on any atom is 0.112 e. The van der Waals surface area contributed by atoms with E-state index in [-0.39, 0.29) is 0 Å². The number of pyridine rings is 2. The highest BCUT2D eigenvalue weighted by Crippen LogP contribution is 2.23. The molecule has 2 aromatic heterocycles. The average molecular weight is 322 g/mol. The lowest BCUT2D eigenvalue weighted by molar-refractivity contribution is 0.0595. The van der Waals surface area contributed by atoms with Crippen molar-refractivity contribution in [1.29, 1.82) is 0 Å². The fourth-order valence-corrected chi connectivity index (χ4v) is 2.69. The molecule has 0 spiro atoms. The summed E-state index contributed by atoms with van der Waals surface area (Å²) in [5.74, 6) is 0.590. The maximum atomic E-state index is 5.50. The molecule has 0 radical (unpaired) electrons. The molecular weight excluding hydrogens is 306 g/mol. The summed E-state index contributed by atoms with van der Waals surface area (Å²) in [5.41, 5.74) is 2.87. The molecule has 5 heteroatoms. The molecule has 3 rings (SSSR count). The van der Waals surface area contributed by atoms with Crippen molar-refractivity contribution in [1.82, 2.24) is 9.97 Å². The van der Waals surface area contributed by atoms with Crippen LogP contribution in [0.5, 0.6) is 0 Å². The molecule has 1 unspecified atom stereocenters. The van der Waals surface area contributed by atoms with Crippen LogP contribution in [-0.2, 0) is 4.74 Å². The van der Waals surface area contributed by atoms with Crippen molar-refractivity contribution in [2.75, 3.05) is 25.1 Å². The van der Waals surface area contributed by atoms with Crippen molar-refractivity contribution in [2.45, 2.75) is 12.8 Å². The number of fused-ring (bicyclic) bond motifs is 1. The maximum absolute atomic E-state index is 5.50. The minimum absolute atomic E-state index is 0.590. The Morgan fingerprint density at radius 1 is 1.42 bits per heavy atom. The van der Waals surface area contributed by atoms with Crippen LogP contribution in [0.1, 0.15) is 12.8 Å². The summed E-state index contributed by atoms with van der Waals surface area (Å²) in [4.78, 5) is 8.78. The lowest BCUT2D eigenvalue weighted by atomic mass is 10.0. The van der Waals surface area contributed by atoms with E-state index < -0.39 is 0 Å². The summed E-state index contributed by atoms with van der Waals surface area (Å²) in [5, 5.41) is 3.48. The first-order valence-electron chi connectivity index (χ1n) is 6.55. The summed E-state index contributed by atoms with van der Waals surface area (Å²) in [7, 11) is 0. The van der Waals surface area contributed by atoms with Gasteiger partial charge in [-0.3, -0.25) is 9.97 Å². The van der Waals surface area contributed by atoms with E-state index in [0.29, 0.717) is 5.92 Å². The van der Waals surface area contributed by atoms with Gasteiger partial charge in [-0.15, -0.1) is 0 Å². The van der Waals surface area contributed by atoms with Crippen molar-refractivity contribution in [3.63, 3.8) is 0 Å². The van der Waals surface area contributed by atoms with E-state index in [4.69, 9.17) is 4.74 Å². The number of nitrogens with zero attached hydrogens (tertiary/aromatic N) is 2.